The van der Waals surface area contributed by atoms with Gasteiger partial charge < -0.3 is 22.3 Å². The van der Waals surface area contributed by atoms with Crippen LogP contribution in [-0.4, -0.2) is 13.1 Å². The zero-order chi connectivity index (χ0) is 9.15. The number of quaternary nitrogens is 1. The van der Waals surface area contributed by atoms with Crippen molar-refractivity contribution in [1.82, 2.24) is 0 Å². The van der Waals surface area contributed by atoms with Crippen molar-refractivity contribution in [3.05, 3.63) is 35.9 Å². The van der Waals surface area contributed by atoms with Crippen LogP contribution in [0.1, 0.15) is 18.4 Å². The van der Waals surface area contributed by atoms with E-state index in [1.54, 1.807) is 0 Å². The molecule has 0 radical (unpaired) electrons. The number of hydrogen-bond acceptors (Lipinski definition) is 0. The topological polar surface area (TPSA) is 16.6 Å². The van der Waals surface area contributed by atoms with E-state index in [9.17, 15) is 0 Å². The first-order valence-electron chi connectivity index (χ1n) is 4.87. The highest BCUT2D eigenvalue weighted by Gasteiger charge is 2.32. The molecule has 0 bridgehead atoms. The molecule has 1 aliphatic rings. The molecule has 2 N–H and O–H groups in total. The van der Waals surface area contributed by atoms with Gasteiger partial charge in [-0.25, -0.2) is 0 Å². The van der Waals surface area contributed by atoms with Crippen molar-refractivity contribution in [3.8, 4) is 0 Å². The Labute approximate surface area is 104 Å². The predicted molar refractivity (Wildman–Crippen MR) is 57.9 cm³/mol. The molecule has 78 valence electrons. The minimum atomic E-state index is 0. The van der Waals surface area contributed by atoms with Crippen LogP contribution in [0.5, 0.6) is 0 Å². The maximum atomic E-state index is 3.88. The van der Waals surface area contributed by atoms with E-state index in [0.717, 1.165) is 0 Å². The largest absolute Gasteiger partial charge is 1.00 e. The van der Waals surface area contributed by atoms with Crippen molar-refractivity contribution in [2.75, 3.05) is 13.1 Å². The predicted octanol–water partition coefficient (Wildman–Crippen LogP) is -1.36. The number of nitrogens with two attached hydrogens (primary N) is 1. The Hall–Kier alpha value is 0.140. The highest BCUT2D eigenvalue weighted by molar-refractivity contribution is 9.09. The van der Waals surface area contributed by atoms with Gasteiger partial charge in [0, 0.05) is 12.8 Å². The van der Waals surface area contributed by atoms with Crippen molar-refractivity contribution in [3.63, 3.8) is 0 Å². The summed E-state index contributed by atoms with van der Waals surface area (Å²) in [6.07, 6.45) is 2.47. The maximum Gasteiger partial charge on any atom is 0.0772 e. The smallest absolute Gasteiger partial charge is 0.0772 e. The van der Waals surface area contributed by atoms with E-state index in [4.69, 9.17) is 0 Å². The van der Waals surface area contributed by atoms with Gasteiger partial charge in [-0.1, -0.05) is 46.3 Å². The van der Waals surface area contributed by atoms with Crippen LogP contribution < -0.4 is 22.3 Å². The summed E-state index contributed by atoms with van der Waals surface area (Å²) < 4.78 is 0.253. The Balaban J connectivity index is 0.000000980. The zero-order valence-corrected chi connectivity index (χ0v) is 11.2. The molecule has 0 aromatic heterocycles. The molecule has 0 aliphatic carbocycles. The van der Waals surface area contributed by atoms with E-state index in [1.807, 2.05) is 0 Å². The fraction of sp³-hybridized carbons (Fsp3) is 0.455. The first-order chi connectivity index (χ1) is 6.31. The molecule has 14 heavy (non-hydrogen) atoms. The Morgan fingerprint density at radius 3 is 2.21 bits per heavy atom. The Bertz CT molecular complexity index is 268. The van der Waals surface area contributed by atoms with Gasteiger partial charge in [-0.2, -0.15) is 0 Å². The Kier molecular flexibility index (Phi) is 4.61. The summed E-state index contributed by atoms with van der Waals surface area (Å²) in [7, 11) is 0. The number of rotatable bonds is 1. The van der Waals surface area contributed by atoms with Crippen molar-refractivity contribution < 1.29 is 22.3 Å². The van der Waals surface area contributed by atoms with Crippen LogP contribution >= 0.6 is 15.9 Å². The molecular weight excluding hydrogens is 306 g/mol. The monoisotopic (exact) mass is 319 g/mol. The molecule has 2 rings (SSSR count). The molecule has 3 heteroatoms. The summed E-state index contributed by atoms with van der Waals surface area (Å²) >= 11 is 3.88. The third-order valence-corrected chi connectivity index (χ3v) is 4.03. The van der Waals surface area contributed by atoms with Crippen LogP contribution in [0, 0.1) is 0 Å². The van der Waals surface area contributed by atoms with Gasteiger partial charge in [0.05, 0.1) is 17.4 Å². The molecule has 1 aromatic carbocycles. The van der Waals surface area contributed by atoms with Gasteiger partial charge in [0.15, 0.2) is 0 Å². The number of halogens is 2. The number of hydrogen-bond donors (Lipinski definition) is 1. The Morgan fingerprint density at radius 2 is 1.64 bits per heavy atom. The van der Waals surface area contributed by atoms with Crippen molar-refractivity contribution in [1.29, 1.82) is 0 Å². The average molecular weight is 321 g/mol. The number of alkyl halides is 1. The quantitative estimate of drug-likeness (QED) is 0.616. The van der Waals surface area contributed by atoms with Crippen LogP contribution in [0.2, 0.25) is 0 Å². The second kappa shape index (κ2) is 5.29. The lowest BCUT2D eigenvalue weighted by atomic mass is 9.90. The minimum Gasteiger partial charge on any atom is -1.00 e. The zero-order valence-electron chi connectivity index (χ0n) is 8.05. The normalized spacial score (nSPS) is 19.8. The van der Waals surface area contributed by atoms with Gasteiger partial charge in [-0.05, 0) is 5.56 Å². The summed E-state index contributed by atoms with van der Waals surface area (Å²) in [6, 6.07) is 10.8. The van der Waals surface area contributed by atoms with Crippen molar-refractivity contribution in [2.24, 2.45) is 0 Å². The van der Waals surface area contributed by atoms with Gasteiger partial charge >= 0.3 is 0 Å². The lowest BCUT2D eigenvalue weighted by molar-refractivity contribution is -0.663. The Morgan fingerprint density at radius 1 is 1.07 bits per heavy atom. The van der Waals surface area contributed by atoms with Crippen LogP contribution in [-0.2, 0) is 4.32 Å². The van der Waals surface area contributed by atoms with Crippen molar-refractivity contribution in [2.45, 2.75) is 17.2 Å². The molecule has 0 spiro atoms. The molecule has 0 unspecified atom stereocenters. The van der Waals surface area contributed by atoms with E-state index in [0.29, 0.717) is 0 Å². The second-order valence-electron chi connectivity index (χ2n) is 3.70. The van der Waals surface area contributed by atoms with E-state index in [1.165, 1.54) is 31.5 Å². The van der Waals surface area contributed by atoms with E-state index in [2.05, 4.69) is 51.6 Å². The lowest BCUT2D eigenvalue weighted by Crippen LogP contribution is -3.00. The molecule has 1 aromatic rings. The van der Waals surface area contributed by atoms with Crippen LogP contribution in [0.4, 0.5) is 0 Å². The molecule has 0 atom stereocenters. The highest BCUT2D eigenvalue weighted by atomic mass is 79.9. The van der Waals surface area contributed by atoms with Crippen LogP contribution in [0.25, 0.3) is 0 Å². The van der Waals surface area contributed by atoms with E-state index < -0.39 is 0 Å². The maximum absolute atomic E-state index is 3.88. The fourth-order valence-corrected chi connectivity index (χ4v) is 2.68. The summed E-state index contributed by atoms with van der Waals surface area (Å²) in [5, 5.41) is 2.39. The van der Waals surface area contributed by atoms with E-state index >= 15 is 0 Å². The fourth-order valence-electron chi connectivity index (χ4n) is 1.96. The first-order valence-corrected chi connectivity index (χ1v) is 5.67. The SMILES string of the molecule is BrC1(c2ccccc2)CC[NH2+]CC1.[Br-]. The molecule has 0 amide bonds. The van der Waals surface area contributed by atoms with Gasteiger partial charge in [0.2, 0.25) is 0 Å². The second-order valence-corrected chi connectivity index (χ2v) is 5.22. The van der Waals surface area contributed by atoms with Gasteiger partial charge in [0.1, 0.15) is 0 Å². The molecule has 1 saturated heterocycles. The first kappa shape index (κ1) is 12.2. The lowest BCUT2D eigenvalue weighted by Gasteiger charge is -2.30. The summed E-state index contributed by atoms with van der Waals surface area (Å²) in [5.74, 6) is 0. The highest BCUT2D eigenvalue weighted by Crippen LogP contribution is 2.38. The molecular formula is C11H15Br2N. The van der Waals surface area contributed by atoms with Gasteiger partial charge in [-0.3, -0.25) is 0 Å². The molecule has 0 saturated carbocycles. The summed E-state index contributed by atoms with van der Waals surface area (Å²) in [6.45, 7) is 2.47. The molecule has 1 nitrogen and oxygen atoms in total. The molecule has 1 aliphatic heterocycles. The summed E-state index contributed by atoms with van der Waals surface area (Å²) in [5.41, 5.74) is 1.43. The van der Waals surface area contributed by atoms with Gasteiger partial charge in [0.25, 0.3) is 0 Å². The van der Waals surface area contributed by atoms with Crippen LogP contribution in [0.3, 0.4) is 0 Å². The number of benzene rings is 1. The van der Waals surface area contributed by atoms with Gasteiger partial charge in [-0.15, -0.1) is 0 Å². The average Bonchev–Trinajstić information content (AvgIpc) is 2.20. The molecule has 1 fully saturated rings. The van der Waals surface area contributed by atoms with Crippen LogP contribution in [0.15, 0.2) is 30.3 Å². The number of piperidine rings is 1. The minimum absolute atomic E-state index is 0. The third kappa shape index (κ3) is 2.59. The standard InChI is InChI=1S/C11H14BrN.BrH/c12-11(6-8-13-9-7-11)10-4-2-1-3-5-10;/h1-5,13H,6-9H2;1H. The molecule has 1 heterocycles. The van der Waals surface area contributed by atoms with Crippen molar-refractivity contribution >= 4 is 15.9 Å². The van der Waals surface area contributed by atoms with E-state index in [-0.39, 0.29) is 21.3 Å². The third-order valence-electron chi connectivity index (χ3n) is 2.78. The summed E-state index contributed by atoms with van der Waals surface area (Å²) in [4.78, 5) is 0.